The third-order valence-corrected chi connectivity index (χ3v) is 5.05. The van der Waals surface area contributed by atoms with Crippen molar-refractivity contribution >= 4 is 33.3 Å². The molecule has 2 aromatic heterocycles. The Morgan fingerprint density at radius 1 is 1.00 bits per heavy atom. The number of rotatable bonds is 3. The second kappa shape index (κ2) is 6.14. The van der Waals surface area contributed by atoms with Gasteiger partial charge in [-0.2, -0.15) is 4.98 Å². The standard InChI is InChI=1S/C17H19N5S/c18-15-14-6-11-23-16(14)20-17(19-15)22-9-7-21(8-10-22)12-13-4-2-1-3-5-13/h1-6,11H,7-10,12H2,(H2,18,19,20). The number of nitrogens with zero attached hydrogens (tertiary/aromatic N) is 4. The first-order valence-corrected chi connectivity index (χ1v) is 8.69. The lowest BCUT2D eigenvalue weighted by Crippen LogP contribution is -2.46. The molecule has 118 valence electrons. The summed E-state index contributed by atoms with van der Waals surface area (Å²) < 4.78 is 0. The molecule has 0 atom stereocenters. The second-order valence-electron chi connectivity index (χ2n) is 5.80. The Morgan fingerprint density at radius 2 is 1.78 bits per heavy atom. The van der Waals surface area contributed by atoms with Gasteiger partial charge in [0, 0.05) is 32.7 Å². The molecule has 23 heavy (non-hydrogen) atoms. The van der Waals surface area contributed by atoms with Gasteiger partial charge in [-0.25, -0.2) is 4.98 Å². The summed E-state index contributed by atoms with van der Waals surface area (Å²) in [5.41, 5.74) is 7.42. The highest BCUT2D eigenvalue weighted by Crippen LogP contribution is 2.26. The average molecular weight is 325 g/mol. The van der Waals surface area contributed by atoms with Crippen LogP contribution in [0.15, 0.2) is 41.8 Å². The zero-order valence-corrected chi connectivity index (χ0v) is 13.7. The molecule has 3 aromatic rings. The molecule has 4 rings (SSSR count). The molecule has 0 spiro atoms. The summed E-state index contributed by atoms with van der Waals surface area (Å²) in [6.07, 6.45) is 0. The van der Waals surface area contributed by atoms with E-state index in [0.717, 1.165) is 48.9 Å². The van der Waals surface area contributed by atoms with Crippen molar-refractivity contribution in [1.82, 2.24) is 14.9 Å². The Balaban J connectivity index is 1.44. The summed E-state index contributed by atoms with van der Waals surface area (Å²) >= 11 is 1.61. The number of thiophene rings is 1. The predicted octanol–water partition coefficient (Wildman–Crippen LogP) is 2.60. The first kappa shape index (κ1) is 14.4. The Kier molecular flexibility index (Phi) is 3.85. The maximum absolute atomic E-state index is 6.06. The monoisotopic (exact) mass is 325 g/mol. The highest BCUT2D eigenvalue weighted by Gasteiger charge is 2.20. The third-order valence-electron chi connectivity index (χ3n) is 4.25. The summed E-state index contributed by atoms with van der Waals surface area (Å²) in [5, 5.41) is 2.97. The SMILES string of the molecule is Nc1nc(N2CCN(Cc3ccccc3)CC2)nc2sccc12. The van der Waals surface area contributed by atoms with Crippen LogP contribution in [0.2, 0.25) is 0 Å². The van der Waals surface area contributed by atoms with E-state index in [2.05, 4.69) is 50.1 Å². The summed E-state index contributed by atoms with van der Waals surface area (Å²) in [6, 6.07) is 12.6. The van der Waals surface area contributed by atoms with Gasteiger partial charge in [0.15, 0.2) is 0 Å². The number of hydrogen-bond acceptors (Lipinski definition) is 6. The van der Waals surface area contributed by atoms with Crippen molar-refractivity contribution in [2.24, 2.45) is 0 Å². The van der Waals surface area contributed by atoms with Gasteiger partial charge in [0.1, 0.15) is 10.6 Å². The molecule has 0 bridgehead atoms. The van der Waals surface area contributed by atoms with Crippen LogP contribution in [-0.4, -0.2) is 41.0 Å². The van der Waals surface area contributed by atoms with Crippen molar-refractivity contribution in [3.63, 3.8) is 0 Å². The summed E-state index contributed by atoms with van der Waals surface area (Å²) in [6.45, 7) is 4.90. The van der Waals surface area contributed by atoms with E-state index in [1.54, 1.807) is 11.3 Å². The van der Waals surface area contributed by atoms with E-state index in [1.165, 1.54) is 5.56 Å². The zero-order chi connectivity index (χ0) is 15.6. The van der Waals surface area contributed by atoms with Crippen LogP contribution in [0.25, 0.3) is 10.2 Å². The van der Waals surface area contributed by atoms with Gasteiger partial charge < -0.3 is 10.6 Å². The minimum absolute atomic E-state index is 0.581. The van der Waals surface area contributed by atoms with Gasteiger partial charge in [0.25, 0.3) is 0 Å². The molecule has 1 aromatic carbocycles. The molecule has 0 unspecified atom stereocenters. The topological polar surface area (TPSA) is 58.3 Å². The van der Waals surface area contributed by atoms with E-state index >= 15 is 0 Å². The van der Waals surface area contributed by atoms with Crippen LogP contribution in [0.3, 0.4) is 0 Å². The molecule has 2 N–H and O–H groups in total. The maximum atomic E-state index is 6.06. The molecule has 1 aliphatic rings. The number of nitrogens with two attached hydrogens (primary N) is 1. The molecule has 1 aliphatic heterocycles. The van der Waals surface area contributed by atoms with Gasteiger partial charge in [0.05, 0.1) is 5.39 Å². The first-order valence-electron chi connectivity index (χ1n) is 7.81. The number of piperazine rings is 1. The number of anilines is 2. The van der Waals surface area contributed by atoms with Crippen molar-refractivity contribution in [2.75, 3.05) is 36.8 Å². The van der Waals surface area contributed by atoms with E-state index in [0.29, 0.717) is 5.82 Å². The number of hydrogen-bond donors (Lipinski definition) is 1. The molecule has 3 heterocycles. The fourth-order valence-corrected chi connectivity index (χ4v) is 3.72. The normalized spacial score (nSPS) is 16.1. The molecular weight excluding hydrogens is 306 g/mol. The first-order chi connectivity index (χ1) is 11.3. The van der Waals surface area contributed by atoms with Crippen molar-refractivity contribution in [3.8, 4) is 0 Å². The highest BCUT2D eigenvalue weighted by atomic mass is 32.1. The molecule has 0 amide bonds. The van der Waals surface area contributed by atoms with Crippen LogP contribution in [0, 0.1) is 0 Å². The summed E-state index contributed by atoms with van der Waals surface area (Å²) in [4.78, 5) is 14.8. The van der Waals surface area contributed by atoms with Gasteiger partial charge in [-0.3, -0.25) is 4.90 Å². The van der Waals surface area contributed by atoms with Crippen LogP contribution in [0.1, 0.15) is 5.56 Å². The van der Waals surface area contributed by atoms with Crippen LogP contribution >= 0.6 is 11.3 Å². The molecule has 0 radical (unpaired) electrons. The summed E-state index contributed by atoms with van der Waals surface area (Å²) in [7, 11) is 0. The fourth-order valence-electron chi connectivity index (χ4n) is 2.96. The summed E-state index contributed by atoms with van der Waals surface area (Å²) in [5.74, 6) is 1.34. The number of benzene rings is 1. The highest BCUT2D eigenvalue weighted by molar-refractivity contribution is 7.16. The molecule has 5 nitrogen and oxygen atoms in total. The quantitative estimate of drug-likeness (QED) is 0.802. The molecule has 1 saturated heterocycles. The average Bonchev–Trinajstić information content (AvgIpc) is 3.06. The minimum atomic E-state index is 0.581. The fraction of sp³-hybridized carbons (Fsp3) is 0.294. The lowest BCUT2D eigenvalue weighted by Gasteiger charge is -2.34. The van der Waals surface area contributed by atoms with E-state index in [9.17, 15) is 0 Å². The van der Waals surface area contributed by atoms with Crippen LogP contribution in [0.4, 0.5) is 11.8 Å². The molecule has 6 heteroatoms. The molecule has 0 saturated carbocycles. The van der Waals surface area contributed by atoms with Gasteiger partial charge in [-0.1, -0.05) is 30.3 Å². The number of fused-ring (bicyclic) bond motifs is 1. The van der Waals surface area contributed by atoms with E-state index in [1.807, 2.05) is 11.4 Å². The predicted molar refractivity (Wildman–Crippen MR) is 95.8 cm³/mol. The van der Waals surface area contributed by atoms with Gasteiger partial charge in [-0.15, -0.1) is 11.3 Å². The Hall–Kier alpha value is -2.18. The van der Waals surface area contributed by atoms with Crippen LogP contribution in [0.5, 0.6) is 0 Å². The van der Waals surface area contributed by atoms with Crippen molar-refractivity contribution in [2.45, 2.75) is 6.54 Å². The van der Waals surface area contributed by atoms with Gasteiger partial charge in [-0.05, 0) is 17.0 Å². The smallest absolute Gasteiger partial charge is 0.228 e. The lowest BCUT2D eigenvalue weighted by molar-refractivity contribution is 0.249. The minimum Gasteiger partial charge on any atom is -0.383 e. The molecule has 1 fully saturated rings. The van der Waals surface area contributed by atoms with E-state index in [-0.39, 0.29) is 0 Å². The number of nitrogen functional groups attached to an aromatic ring is 1. The van der Waals surface area contributed by atoms with Crippen molar-refractivity contribution < 1.29 is 0 Å². The Bertz CT molecular complexity index is 793. The molecule has 0 aliphatic carbocycles. The van der Waals surface area contributed by atoms with Crippen LogP contribution in [-0.2, 0) is 6.54 Å². The maximum Gasteiger partial charge on any atom is 0.228 e. The zero-order valence-electron chi connectivity index (χ0n) is 12.9. The van der Waals surface area contributed by atoms with Crippen molar-refractivity contribution in [1.29, 1.82) is 0 Å². The van der Waals surface area contributed by atoms with Crippen molar-refractivity contribution in [3.05, 3.63) is 47.3 Å². The van der Waals surface area contributed by atoms with Gasteiger partial charge in [0.2, 0.25) is 5.95 Å². The second-order valence-corrected chi connectivity index (χ2v) is 6.69. The Morgan fingerprint density at radius 3 is 2.57 bits per heavy atom. The largest absolute Gasteiger partial charge is 0.383 e. The number of aromatic nitrogens is 2. The Labute approximate surface area is 139 Å². The molecular formula is C17H19N5S. The third kappa shape index (κ3) is 3.00. The lowest BCUT2D eigenvalue weighted by atomic mass is 10.2. The van der Waals surface area contributed by atoms with Crippen LogP contribution < -0.4 is 10.6 Å². The van der Waals surface area contributed by atoms with E-state index in [4.69, 9.17) is 5.73 Å². The van der Waals surface area contributed by atoms with Gasteiger partial charge >= 0.3 is 0 Å². The van der Waals surface area contributed by atoms with E-state index < -0.39 is 0 Å².